The molecule has 1 aromatic heterocycles. The number of nitrogens with zero attached hydrogens (tertiary/aromatic N) is 2. The molecule has 4 heteroatoms. The Kier molecular flexibility index (Phi) is 3.87. The number of aromatic nitrogens is 2. The summed E-state index contributed by atoms with van der Waals surface area (Å²) in [6, 6.07) is 20.0. The van der Waals surface area contributed by atoms with Crippen LogP contribution in [-0.2, 0) is 6.54 Å². The molecular weight excluding hydrogens is 262 g/mol. The molecule has 0 aliphatic carbocycles. The van der Waals surface area contributed by atoms with Crippen molar-refractivity contribution in [3.05, 3.63) is 72.6 Å². The minimum absolute atomic E-state index is 0.687. The standard InChI is InChI=1S/C17H17N3O/c1-21-17-9-7-14(8-10-17)18-13-15-11-12-20(19-15)16-5-3-2-4-6-16/h2-12,18H,13H2,1H3. The van der Waals surface area contributed by atoms with E-state index in [4.69, 9.17) is 4.74 Å². The maximum atomic E-state index is 5.14. The van der Waals surface area contributed by atoms with Crippen molar-refractivity contribution in [3.8, 4) is 11.4 Å². The molecule has 1 heterocycles. The van der Waals surface area contributed by atoms with Gasteiger partial charge in [0.25, 0.3) is 0 Å². The van der Waals surface area contributed by atoms with Gasteiger partial charge < -0.3 is 10.1 Å². The van der Waals surface area contributed by atoms with Crippen LogP contribution < -0.4 is 10.1 Å². The Morgan fingerprint density at radius 3 is 2.48 bits per heavy atom. The fourth-order valence-corrected chi connectivity index (χ4v) is 2.08. The molecule has 0 unspecified atom stereocenters. The molecule has 0 saturated carbocycles. The minimum atomic E-state index is 0.687. The van der Waals surface area contributed by atoms with Gasteiger partial charge in [-0.2, -0.15) is 5.10 Å². The summed E-state index contributed by atoms with van der Waals surface area (Å²) in [5.74, 6) is 0.855. The maximum absolute atomic E-state index is 5.14. The highest BCUT2D eigenvalue weighted by atomic mass is 16.5. The second-order valence-corrected chi connectivity index (χ2v) is 4.67. The molecule has 0 radical (unpaired) electrons. The van der Waals surface area contributed by atoms with Crippen LogP contribution in [0.2, 0.25) is 0 Å². The molecule has 106 valence electrons. The fourth-order valence-electron chi connectivity index (χ4n) is 2.08. The normalized spacial score (nSPS) is 10.3. The number of rotatable bonds is 5. The summed E-state index contributed by atoms with van der Waals surface area (Å²) < 4.78 is 7.02. The predicted molar refractivity (Wildman–Crippen MR) is 83.9 cm³/mol. The summed E-state index contributed by atoms with van der Waals surface area (Å²) in [5.41, 5.74) is 3.10. The average Bonchev–Trinajstić information content (AvgIpc) is 3.03. The number of hydrogen-bond donors (Lipinski definition) is 1. The third kappa shape index (κ3) is 3.23. The molecule has 0 bridgehead atoms. The van der Waals surface area contributed by atoms with Crippen molar-refractivity contribution >= 4 is 5.69 Å². The van der Waals surface area contributed by atoms with Gasteiger partial charge in [-0.1, -0.05) is 18.2 Å². The molecule has 0 aliphatic rings. The highest BCUT2D eigenvalue weighted by molar-refractivity contribution is 5.46. The Balaban J connectivity index is 1.64. The Hall–Kier alpha value is -2.75. The van der Waals surface area contributed by atoms with E-state index in [9.17, 15) is 0 Å². The highest BCUT2D eigenvalue weighted by Crippen LogP contribution is 2.15. The first kappa shape index (κ1) is 13.2. The number of methoxy groups -OCH3 is 1. The molecule has 0 atom stereocenters. The number of para-hydroxylation sites is 1. The van der Waals surface area contributed by atoms with Gasteiger partial charge in [-0.25, -0.2) is 4.68 Å². The molecule has 2 aromatic carbocycles. The van der Waals surface area contributed by atoms with Gasteiger partial charge in [-0.3, -0.25) is 0 Å². The van der Waals surface area contributed by atoms with E-state index in [2.05, 4.69) is 10.4 Å². The SMILES string of the molecule is COc1ccc(NCc2ccn(-c3ccccc3)n2)cc1. The zero-order valence-corrected chi connectivity index (χ0v) is 11.9. The van der Waals surface area contributed by atoms with Gasteiger partial charge in [0, 0.05) is 11.9 Å². The largest absolute Gasteiger partial charge is 0.497 e. The van der Waals surface area contributed by atoms with E-state index >= 15 is 0 Å². The molecule has 1 N–H and O–H groups in total. The van der Waals surface area contributed by atoms with E-state index in [1.165, 1.54) is 0 Å². The molecule has 21 heavy (non-hydrogen) atoms. The van der Waals surface area contributed by atoms with Crippen LogP contribution in [-0.4, -0.2) is 16.9 Å². The quantitative estimate of drug-likeness (QED) is 0.777. The first-order chi connectivity index (χ1) is 10.3. The monoisotopic (exact) mass is 279 g/mol. The Bertz CT molecular complexity index is 690. The molecule has 0 aliphatic heterocycles. The van der Waals surface area contributed by atoms with Crippen LogP contribution >= 0.6 is 0 Å². The van der Waals surface area contributed by atoms with Gasteiger partial charge in [0.05, 0.1) is 25.0 Å². The van der Waals surface area contributed by atoms with E-state index in [0.29, 0.717) is 6.54 Å². The zero-order valence-electron chi connectivity index (χ0n) is 11.9. The summed E-state index contributed by atoms with van der Waals surface area (Å²) in [4.78, 5) is 0. The van der Waals surface area contributed by atoms with Gasteiger partial charge >= 0.3 is 0 Å². The Morgan fingerprint density at radius 2 is 1.76 bits per heavy atom. The molecule has 0 amide bonds. The summed E-state index contributed by atoms with van der Waals surface area (Å²) in [5, 5.41) is 7.90. The number of anilines is 1. The summed E-state index contributed by atoms with van der Waals surface area (Å²) >= 11 is 0. The maximum Gasteiger partial charge on any atom is 0.119 e. The van der Waals surface area contributed by atoms with Crippen LogP contribution in [0.5, 0.6) is 5.75 Å². The van der Waals surface area contributed by atoms with E-state index in [1.807, 2.05) is 71.5 Å². The molecule has 4 nitrogen and oxygen atoms in total. The molecule has 3 rings (SSSR count). The van der Waals surface area contributed by atoms with Gasteiger partial charge in [0.1, 0.15) is 5.75 Å². The van der Waals surface area contributed by atoms with Crippen molar-refractivity contribution in [2.75, 3.05) is 12.4 Å². The van der Waals surface area contributed by atoms with E-state index in [1.54, 1.807) is 7.11 Å². The average molecular weight is 279 g/mol. The Labute approximate surface area is 124 Å². The van der Waals surface area contributed by atoms with Crippen LogP contribution in [0.15, 0.2) is 66.9 Å². The summed E-state index contributed by atoms with van der Waals surface area (Å²) in [6.45, 7) is 0.687. The van der Waals surface area contributed by atoms with Crippen molar-refractivity contribution in [2.24, 2.45) is 0 Å². The third-order valence-electron chi connectivity index (χ3n) is 3.23. The first-order valence-corrected chi connectivity index (χ1v) is 6.83. The van der Waals surface area contributed by atoms with Crippen LogP contribution in [0.3, 0.4) is 0 Å². The minimum Gasteiger partial charge on any atom is -0.497 e. The smallest absolute Gasteiger partial charge is 0.119 e. The lowest BCUT2D eigenvalue weighted by atomic mass is 10.3. The summed E-state index contributed by atoms with van der Waals surface area (Å²) in [6.07, 6.45) is 1.97. The first-order valence-electron chi connectivity index (χ1n) is 6.83. The zero-order chi connectivity index (χ0) is 14.5. The second kappa shape index (κ2) is 6.13. The molecule has 3 aromatic rings. The van der Waals surface area contributed by atoms with Crippen molar-refractivity contribution in [3.63, 3.8) is 0 Å². The van der Waals surface area contributed by atoms with Crippen LogP contribution in [0.25, 0.3) is 5.69 Å². The van der Waals surface area contributed by atoms with Crippen LogP contribution in [0, 0.1) is 0 Å². The van der Waals surface area contributed by atoms with Crippen molar-refractivity contribution < 1.29 is 4.74 Å². The predicted octanol–water partition coefficient (Wildman–Crippen LogP) is 3.49. The van der Waals surface area contributed by atoms with Crippen molar-refractivity contribution in [1.82, 2.24) is 9.78 Å². The van der Waals surface area contributed by atoms with Gasteiger partial charge in [0.2, 0.25) is 0 Å². The van der Waals surface area contributed by atoms with Gasteiger partial charge in [-0.15, -0.1) is 0 Å². The number of nitrogens with one attached hydrogen (secondary N) is 1. The lowest BCUT2D eigenvalue weighted by Crippen LogP contribution is -2.02. The molecule has 0 fully saturated rings. The van der Waals surface area contributed by atoms with E-state index in [0.717, 1.165) is 22.8 Å². The molecular formula is C17H17N3O. The Morgan fingerprint density at radius 1 is 1.00 bits per heavy atom. The third-order valence-corrected chi connectivity index (χ3v) is 3.23. The van der Waals surface area contributed by atoms with E-state index in [-0.39, 0.29) is 0 Å². The molecule has 0 spiro atoms. The van der Waals surface area contributed by atoms with Crippen LogP contribution in [0.1, 0.15) is 5.69 Å². The van der Waals surface area contributed by atoms with Gasteiger partial charge in [0.15, 0.2) is 0 Å². The van der Waals surface area contributed by atoms with Crippen LogP contribution in [0.4, 0.5) is 5.69 Å². The number of hydrogen-bond acceptors (Lipinski definition) is 3. The lowest BCUT2D eigenvalue weighted by molar-refractivity contribution is 0.415. The van der Waals surface area contributed by atoms with Gasteiger partial charge in [-0.05, 0) is 42.5 Å². The fraction of sp³-hybridized carbons (Fsp3) is 0.118. The summed E-state index contributed by atoms with van der Waals surface area (Å²) in [7, 11) is 1.67. The van der Waals surface area contributed by atoms with Crippen molar-refractivity contribution in [2.45, 2.75) is 6.54 Å². The number of ether oxygens (including phenoxy) is 1. The number of benzene rings is 2. The topological polar surface area (TPSA) is 39.1 Å². The van der Waals surface area contributed by atoms with E-state index < -0.39 is 0 Å². The highest BCUT2D eigenvalue weighted by Gasteiger charge is 2.01. The lowest BCUT2D eigenvalue weighted by Gasteiger charge is -2.05. The second-order valence-electron chi connectivity index (χ2n) is 4.67. The molecule has 0 saturated heterocycles. The van der Waals surface area contributed by atoms with Crippen molar-refractivity contribution in [1.29, 1.82) is 0 Å².